The highest BCUT2D eigenvalue weighted by Crippen LogP contribution is 2.47. The molecule has 5 nitrogen and oxygen atoms in total. The molecule has 2 aromatic rings. The molecule has 1 fully saturated rings. The molecule has 0 aromatic heterocycles. The molecule has 0 bridgehead atoms. The molecule has 1 aliphatic carbocycles. The quantitative estimate of drug-likeness (QED) is 0.801. The van der Waals surface area contributed by atoms with Gasteiger partial charge in [0.25, 0.3) is 0 Å². The molecule has 1 saturated carbocycles. The van der Waals surface area contributed by atoms with Crippen LogP contribution in [0.2, 0.25) is 10.0 Å². The average Bonchev–Trinajstić information content (AvgIpc) is 3.00. The van der Waals surface area contributed by atoms with E-state index in [9.17, 15) is 14.7 Å². The van der Waals surface area contributed by atoms with Crippen LogP contribution in [0.1, 0.15) is 18.4 Å². The second kappa shape index (κ2) is 6.73. The molecule has 0 radical (unpaired) electrons. The summed E-state index contributed by atoms with van der Waals surface area (Å²) in [4.78, 5) is 25.1. The zero-order valence-corrected chi connectivity index (χ0v) is 15.8. The van der Waals surface area contributed by atoms with Crippen molar-refractivity contribution in [3.8, 4) is 5.75 Å². The lowest BCUT2D eigenvalue weighted by atomic mass is 9.65. The maximum absolute atomic E-state index is 13.1. The molecule has 2 N–H and O–H groups in total. The molecule has 140 valence electrons. The molecular weight excluding hydrogens is 389 g/mol. The molecule has 3 atom stereocenters. The number of rotatable bonds is 3. The van der Waals surface area contributed by atoms with E-state index in [1.807, 2.05) is 24.3 Å². The Bertz CT molecular complexity index is 932. The summed E-state index contributed by atoms with van der Waals surface area (Å²) < 4.78 is 5.86. The van der Waals surface area contributed by atoms with Crippen LogP contribution in [0.3, 0.4) is 0 Å². The van der Waals surface area contributed by atoms with Crippen molar-refractivity contribution < 1.29 is 19.4 Å². The van der Waals surface area contributed by atoms with Gasteiger partial charge in [-0.15, -0.1) is 0 Å². The summed E-state index contributed by atoms with van der Waals surface area (Å²) >= 11 is 12.0. The van der Waals surface area contributed by atoms with Crippen LogP contribution in [0.15, 0.2) is 42.5 Å². The number of ether oxygens (including phenoxy) is 1. The van der Waals surface area contributed by atoms with Crippen molar-refractivity contribution in [2.75, 3.05) is 11.9 Å². The number of ketones is 1. The maximum Gasteiger partial charge on any atom is 0.310 e. The minimum atomic E-state index is -0.985. The van der Waals surface area contributed by atoms with Crippen LogP contribution in [-0.4, -0.2) is 29.5 Å². The summed E-state index contributed by atoms with van der Waals surface area (Å²) in [7, 11) is 0. The van der Waals surface area contributed by atoms with Gasteiger partial charge in [0, 0.05) is 23.7 Å². The number of Topliss-reactive ketones (excluding diaryl/α,β-unsaturated/α-hetero) is 1. The molecule has 1 aliphatic heterocycles. The standard InChI is InChI=1S/C20H17Cl2NO4/c21-11-5-6-16(14(22)7-11)27-17-8-18(24)20(9-12(17)19(25)26)10-23-15-4-2-1-3-13(15)20/h1-7,12,17,23H,8-10H2,(H,25,26)/t12?,17-,20+/m1/s1. The third-order valence-electron chi connectivity index (χ3n) is 5.45. The number of carbonyl (C=O) groups excluding carboxylic acids is 1. The predicted octanol–water partition coefficient (Wildman–Crippen LogP) is 4.17. The fraction of sp³-hybridized carbons (Fsp3) is 0.300. The van der Waals surface area contributed by atoms with Crippen LogP contribution in [0.4, 0.5) is 5.69 Å². The van der Waals surface area contributed by atoms with Crippen LogP contribution < -0.4 is 10.1 Å². The first-order valence-electron chi connectivity index (χ1n) is 8.62. The van der Waals surface area contributed by atoms with Crippen LogP contribution in [0.25, 0.3) is 0 Å². The third kappa shape index (κ3) is 3.05. The number of halogens is 2. The third-order valence-corrected chi connectivity index (χ3v) is 5.98. The van der Waals surface area contributed by atoms with Gasteiger partial charge in [0.05, 0.1) is 16.4 Å². The Hall–Kier alpha value is -2.24. The highest BCUT2D eigenvalue weighted by molar-refractivity contribution is 6.35. The van der Waals surface area contributed by atoms with E-state index < -0.39 is 23.4 Å². The molecule has 0 amide bonds. The highest BCUT2D eigenvalue weighted by Gasteiger charge is 2.54. The number of para-hydroxylation sites is 1. The SMILES string of the molecule is O=C(O)C1C[C@@]2(CNc3ccccc32)C(=O)C[C@H]1Oc1ccc(Cl)cc1Cl. The maximum atomic E-state index is 13.1. The lowest BCUT2D eigenvalue weighted by Gasteiger charge is -2.39. The number of nitrogens with one attached hydrogen (secondary N) is 1. The Morgan fingerprint density at radius 3 is 2.74 bits per heavy atom. The summed E-state index contributed by atoms with van der Waals surface area (Å²) in [5.41, 5.74) is 0.919. The number of hydrogen-bond acceptors (Lipinski definition) is 4. The number of benzene rings is 2. The number of carboxylic acid groups (broad SMARTS) is 1. The minimum Gasteiger partial charge on any atom is -0.488 e. The van der Waals surface area contributed by atoms with E-state index in [0.717, 1.165) is 11.3 Å². The van der Waals surface area contributed by atoms with Crippen molar-refractivity contribution >= 4 is 40.6 Å². The number of carbonyl (C=O) groups is 2. The van der Waals surface area contributed by atoms with Crippen LogP contribution in [0.5, 0.6) is 5.75 Å². The summed E-state index contributed by atoms with van der Waals surface area (Å²) in [6.07, 6.45) is -0.598. The Balaban J connectivity index is 1.66. The summed E-state index contributed by atoms with van der Waals surface area (Å²) in [6.45, 7) is 0.406. The Morgan fingerprint density at radius 2 is 2.00 bits per heavy atom. The predicted molar refractivity (Wildman–Crippen MR) is 103 cm³/mol. The Morgan fingerprint density at radius 1 is 1.22 bits per heavy atom. The van der Waals surface area contributed by atoms with Gasteiger partial charge >= 0.3 is 5.97 Å². The van der Waals surface area contributed by atoms with E-state index in [1.165, 1.54) is 6.07 Å². The van der Waals surface area contributed by atoms with Gasteiger partial charge in [0.15, 0.2) is 0 Å². The van der Waals surface area contributed by atoms with E-state index in [4.69, 9.17) is 27.9 Å². The van der Waals surface area contributed by atoms with Crippen molar-refractivity contribution in [1.82, 2.24) is 0 Å². The summed E-state index contributed by atoms with van der Waals surface area (Å²) in [6, 6.07) is 12.3. The Kier molecular flexibility index (Phi) is 4.52. The monoisotopic (exact) mass is 405 g/mol. The number of aliphatic carboxylic acids is 1. The fourth-order valence-corrected chi connectivity index (χ4v) is 4.52. The van der Waals surface area contributed by atoms with Gasteiger partial charge in [-0.2, -0.15) is 0 Å². The van der Waals surface area contributed by atoms with Crippen LogP contribution >= 0.6 is 23.2 Å². The molecule has 0 saturated heterocycles. The zero-order chi connectivity index (χ0) is 19.2. The first kappa shape index (κ1) is 18.1. The summed E-state index contributed by atoms with van der Waals surface area (Å²) in [5, 5.41) is 13.8. The molecule has 2 aliphatic rings. The fourth-order valence-electron chi connectivity index (χ4n) is 4.07. The van der Waals surface area contributed by atoms with Gasteiger partial charge in [-0.3, -0.25) is 9.59 Å². The molecule has 4 rings (SSSR count). The average molecular weight is 406 g/mol. The van der Waals surface area contributed by atoms with Gasteiger partial charge < -0.3 is 15.2 Å². The van der Waals surface area contributed by atoms with Crippen LogP contribution in [-0.2, 0) is 15.0 Å². The minimum absolute atomic E-state index is 0.00589. The van der Waals surface area contributed by atoms with Gasteiger partial charge in [0.1, 0.15) is 17.6 Å². The molecule has 27 heavy (non-hydrogen) atoms. The smallest absolute Gasteiger partial charge is 0.310 e. The lowest BCUT2D eigenvalue weighted by molar-refractivity contribution is -0.150. The molecule has 1 spiro atoms. The molecule has 2 aromatic carbocycles. The van der Waals surface area contributed by atoms with Gasteiger partial charge in [-0.05, 0) is 36.2 Å². The van der Waals surface area contributed by atoms with Crippen LogP contribution in [0, 0.1) is 5.92 Å². The topological polar surface area (TPSA) is 75.6 Å². The number of carboxylic acids is 1. The molecule has 7 heteroatoms. The van der Waals surface area contributed by atoms with Crippen molar-refractivity contribution in [2.24, 2.45) is 5.92 Å². The summed E-state index contributed by atoms with van der Waals surface area (Å²) in [5.74, 6) is -1.51. The van der Waals surface area contributed by atoms with Crippen molar-refractivity contribution in [1.29, 1.82) is 0 Å². The largest absolute Gasteiger partial charge is 0.488 e. The molecular formula is C20H17Cl2NO4. The van der Waals surface area contributed by atoms with E-state index in [2.05, 4.69) is 5.32 Å². The first-order chi connectivity index (χ1) is 12.9. The second-order valence-electron chi connectivity index (χ2n) is 6.99. The van der Waals surface area contributed by atoms with E-state index >= 15 is 0 Å². The van der Waals surface area contributed by atoms with E-state index in [-0.39, 0.29) is 23.6 Å². The van der Waals surface area contributed by atoms with Crippen molar-refractivity contribution in [3.05, 3.63) is 58.1 Å². The number of hydrogen-bond donors (Lipinski definition) is 2. The highest BCUT2D eigenvalue weighted by atomic mass is 35.5. The lowest BCUT2D eigenvalue weighted by Crippen LogP contribution is -2.52. The van der Waals surface area contributed by atoms with E-state index in [1.54, 1.807) is 12.1 Å². The number of fused-ring (bicyclic) bond motifs is 2. The van der Waals surface area contributed by atoms with Gasteiger partial charge in [-0.25, -0.2) is 0 Å². The van der Waals surface area contributed by atoms with Gasteiger partial charge in [0.2, 0.25) is 0 Å². The molecule has 1 unspecified atom stereocenters. The van der Waals surface area contributed by atoms with Crippen molar-refractivity contribution in [3.63, 3.8) is 0 Å². The second-order valence-corrected chi connectivity index (χ2v) is 7.83. The Labute approximate surface area is 166 Å². The molecule has 1 heterocycles. The van der Waals surface area contributed by atoms with E-state index in [0.29, 0.717) is 17.3 Å². The number of anilines is 1. The normalized spacial score (nSPS) is 26.5. The zero-order valence-electron chi connectivity index (χ0n) is 14.2. The van der Waals surface area contributed by atoms with Gasteiger partial charge in [-0.1, -0.05) is 41.4 Å². The first-order valence-corrected chi connectivity index (χ1v) is 9.37. The van der Waals surface area contributed by atoms with Crippen molar-refractivity contribution in [2.45, 2.75) is 24.4 Å².